The number of imidazole rings is 1. The molecule has 27 heavy (non-hydrogen) atoms. The molecule has 0 fully saturated rings. The maximum atomic E-state index is 13.4. The molecule has 0 aliphatic carbocycles. The Morgan fingerprint density at radius 1 is 0.889 bits per heavy atom. The van der Waals surface area contributed by atoms with Crippen LogP contribution in [0.25, 0.3) is 28.3 Å². The predicted molar refractivity (Wildman–Crippen MR) is 105 cm³/mol. The second-order valence-electron chi connectivity index (χ2n) is 5.99. The summed E-state index contributed by atoms with van der Waals surface area (Å²) in [5.74, 6) is 0.433. The van der Waals surface area contributed by atoms with Crippen molar-refractivity contribution < 1.29 is 8.94 Å². The highest BCUT2D eigenvalue weighted by molar-refractivity contribution is 7.90. The Morgan fingerprint density at radius 3 is 2.19 bits per heavy atom. The third-order valence-corrected chi connectivity index (χ3v) is 5.20. The van der Waals surface area contributed by atoms with Gasteiger partial charge in [-0.3, -0.25) is 9.55 Å². The van der Waals surface area contributed by atoms with Gasteiger partial charge < -0.3 is 4.55 Å². The molecule has 1 unspecified atom stereocenters. The second-order valence-corrected chi connectivity index (χ2v) is 7.37. The number of nitrogens with zero attached hydrogens (tertiary/aromatic N) is 3. The lowest BCUT2D eigenvalue weighted by Gasteiger charge is -2.13. The zero-order valence-electron chi connectivity index (χ0n) is 14.5. The van der Waals surface area contributed by atoms with Crippen molar-refractivity contribution in [2.24, 2.45) is 0 Å². The molecule has 0 N–H and O–H groups in total. The van der Waals surface area contributed by atoms with Crippen molar-refractivity contribution in [3.05, 3.63) is 85.1 Å². The van der Waals surface area contributed by atoms with Crippen molar-refractivity contribution in [3.8, 4) is 28.3 Å². The molecule has 4 nitrogen and oxygen atoms in total. The van der Waals surface area contributed by atoms with Crippen molar-refractivity contribution in [2.45, 2.75) is 4.90 Å². The third-order valence-electron chi connectivity index (χ3n) is 4.27. The Labute approximate surface area is 159 Å². The number of halogens is 1. The first-order valence-electron chi connectivity index (χ1n) is 8.31. The lowest BCUT2D eigenvalue weighted by Crippen LogP contribution is -2.01. The van der Waals surface area contributed by atoms with Crippen LogP contribution in [-0.4, -0.2) is 25.3 Å². The Bertz CT molecular complexity index is 1050. The maximum absolute atomic E-state index is 13.4. The molecule has 0 bridgehead atoms. The van der Waals surface area contributed by atoms with Crippen LogP contribution >= 0.6 is 0 Å². The zero-order valence-corrected chi connectivity index (χ0v) is 15.4. The van der Waals surface area contributed by atoms with Gasteiger partial charge in [0.2, 0.25) is 0 Å². The average Bonchev–Trinajstić information content (AvgIpc) is 3.14. The normalized spacial score (nSPS) is 12.1. The lowest BCUT2D eigenvalue weighted by atomic mass is 10.1. The number of hydrogen-bond acceptors (Lipinski definition) is 3. The van der Waals surface area contributed by atoms with Crippen LogP contribution in [0, 0.1) is 5.82 Å². The number of rotatable bonds is 4. The number of aromatic nitrogens is 3. The number of pyridine rings is 1. The van der Waals surface area contributed by atoms with Gasteiger partial charge in [0, 0.05) is 29.2 Å². The molecule has 0 amide bonds. The molecule has 0 radical (unpaired) electrons. The smallest absolute Gasteiger partial charge is 0.152 e. The lowest BCUT2D eigenvalue weighted by molar-refractivity contribution is 0.601. The fraction of sp³-hybridized carbons (Fsp3) is 0.0476. The largest absolute Gasteiger partial charge is 0.612 e. The molecular formula is C21H16FN3OS. The van der Waals surface area contributed by atoms with Gasteiger partial charge in [0.25, 0.3) is 0 Å². The first-order chi connectivity index (χ1) is 13.1. The van der Waals surface area contributed by atoms with Crippen LogP contribution in [0.2, 0.25) is 0 Å². The second kappa shape index (κ2) is 7.34. The summed E-state index contributed by atoms with van der Waals surface area (Å²) in [5, 5.41) is 0. The minimum absolute atomic E-state index is 0.291. The Morgan fingerprint density at radius 2 is 1.56 bits per heavy atom. The van der Waals surface area contributed by atoms with E-state index in [2.05, 4.69) is 9.97 Å². The van der Waals surface area contributed by atoms with Crippen molar-refractivity contribution in [2.75, 3.05) is 6.26 Å². The van der Waals surface area contributed by atoms with E-state index in [9.17, 15) is 8.94 Å². The summed E-state index contributed by atoms with van der Waals surface area (Å²) in [7, 11) is 0. The molecule has 1 atom stereocenters. The summed E-state index contributed by atoms with van der Waals surface area (Å²) in [5.41, 5.74) is 3.52. The molecule has 0 saturated heterocycles. The van der Waals surface area contributed by atoms with E-state index in [-0.39, 0.29) is 5.82 Å². The van der Waals surface area contributed by atoms with E-state index in [1.165, 1.54) is 12.1 Å². The van der Waals surface area contributed by atoms with Crippen LogP contribution in [0.15, 0.2) is 84.1 Å². The van der Waals surface area contributed by atoms with Gasteiger partial charge >= 0.3 is 0 Å². The minimum Gasteiger partial charge on any atom is -0.612 e. The molecule has 4 aromatic rings. The molecular weight excluding hydrogens is 361 g/mol. The van der Waals surface area contributed by atoms with Gasteiger partial charge in [0.05, 0.1) is 11.9 Å². The molecule has 2 aromatic carbocycles. The van der Waals surface area contributed by atoms with Crippen molar-refractivity contribution in [3.63, 3.8) is 0 Å². The first kappa shape index (κ1) is 17.5. The summed E-state index contributed by atoms with van der Waals surface area (Å²) in [6, 6.07) is 17.6. The molecule has 134 valence electrons. The molecule has 0 spiro atoms. The highest BCUT2D eigenvalue weighted by Gasteiger charge is 2.16. The summed E-state index contributed by atoms with van der Waals surface area (Å²) >= 11 is -1.04. The molecule has 6 heteroatoms. The van der Waals surface area contributed by atoms with Crippen LogP contribution in [-0.2, 0) is 11.2 Å². The summed E-state index contributed by atoms with van der Waals surface area (Å²) < 4.78 is 27.1. The highest BCUT2D eigenvalue weighted by Crippen LogP contribution is 2.30. The van der Waals surface area contributed by atoms with Gasteiger partial charge in [-0.15, -0.1) is 0 Å². The summed E-state index contributed by atoms with van der Waals surface area (Å²) in [4.78, 5) is 9.43. The van der Waals surface area contributed by atoms with Crippen molar-refractivity contribution in [1.82, 2.24) is 14.5 Å². The topological polar surface area (TPSA) is 53.8 Å². The number of hydrogen-bond donors (Lipinski definition) is 0. The van der Waals surface area contributed by atoms with Gasteiger partial charge in [0.15, 0.2) is 4.90 Å². The van der Waals surface area contributed by atoms with Gasteiger partial charge in [-0.05, 0) is 71.8 Å². The van der Waals surface area contributed by atoms with Crippen LogP contribution in [0.1, 0.15) is 0 Å². The van der Waals surface area contributed by atoms with E-state index >= 15 is 0 Å². The molecule has 4 rings (SSSR count). The molecule has 0 aliphatic heterocycles. The molecule has 0 aliphatic rings. The van der Waals surface area contributed by atoms with E-state index in [0.717, 1.165) is 33.2 Å². The van der Waals surface area contributed by atoms with E-state index in [1.807, 2.05) is 41.0 Å². The zero-order chi connectivity index (χ0) is 18.8. The van der Waals surface area contributed by atoms with Gasteiger partial charge in [0.1, 0.15) is 17.9 Å². The van der Waals surface area contributed by atoms with Gasteiger partial charge in [-0.2, -0.15) is 0 Å². The van der Waals surface area contributed by atoms with Gasteiger partial charge in [-0.25, -0.2) is 9.37 Å². The van der Waals surface area contributed by atoms with E-state index in [1.54, 1.807) is 37.0 Å². The maximum Gasteiger partial charge on any atom is 0.152 e. The highest BCUT2D eigenvalue weighted by atomic mass is 32.2. The quantitative estimate of drug-likeness (QED) is 0.493. The fourth-order valence-electron chi connectivity index (χ4n) is 2.93. The third kappa shape index (κ3) is 3.49. The summed E-state index contributed by atoms with van der Waals surface area (Å²) in [6.45, 7) is 0. The molecule has 2 aromatic heterocycles. The van der Waals surface area contributed by atoms with E-state index in [0.29, 0.717) is 0 Å². The predicted octanol–water partition coefficient (Wildman–Crippen LogP) is 4.48. The molecule has 2 heterocycles. The van der Waals surface area contributed by atoms with Crippen molar-refractivity contribution >= 4 is 11.2 Å². The summed E-state index contributed by atoms with van der Waals surface area (Å²) in [6.07, 6.45) is 6.89. The van der Waals surface area contributed by atoms with Crippen LogP contribution < -0.4 is 0 Å². The van der Waals surface area contributed by atoms with Crippen LogP contribution in [0.4, 0.5) is 4.39 Å². The number of benzene rings is 2. The monoisotopic (exact) mass is 377 g/mol. The van der Waals surface area contributed by atoms with E-state index in [4.69, 9.17) is 0 Å². The Hall–Kier alpha value is -2.96. The van der Waals surface area contributed by atoms with E-state index < -0.39 is 11.2 Å². The average molecular weight is 377 g/mol. The Kier molecular flexibility index (Phi) is 4.75. The first-order valence-corrected chi connectivity index (χ1v) is 9.87. The molecule has 0 saturated carbocycles. The SMILES string of the molecule is C[S+]([O-])c1ccc(-c2ncc(-c3ccncc3)n2-c2ccc(F)cc2)cc1. The van der Waals surface area contributed by atoms with Gasteiger partial charge in [-0.1, -0.05) is 0 Å². The fourth-order valence-corrected chi connectivity index (χ4v) is 3.45. The van der Waals surface area contributed by atoms with Crippen LogP contribution in [0.5, 0.6) is 0 Å². The minimum atomic E-state index is -1.04. The van der Waals surface area contributed by atoms with Crippen molar-refractivity contribution in [1.29, 1.82) is 0 Å². The Balaban J connectivity index is 1.89. The standard InChI is InChI=1S/C21H16FN3OS/c1-27(26)19-8-2-16(3-9-19)21-24-14-20(15-10-12-23-13-11-15)25(21)18-6-4-17(22)5-7-18/h2-14H,1H3. The van der Waals surface area contributed by atoms with Crippen LogP contribution in [0.3, 0.4) is 0 Å².